The molecule has 0 atom stereocenters. The smallest absolute Gasteiger partial charge is 0.274 e. The molecule has 3 aromatic carbocycles. The first-order valence-electron chi connectivity index (χ1n) is 9.09. The van der Waals surface area contributed by atoms with Crippen LogP contribution in [0.4, 0.5) is 5.69 Å². The molecule has 0 bridgehead atoms. The van der Waals surface area contributed by atoms with Crippen LogP contribution in [0.1, 0.15) is 27.0 Å². The third-order valence-corrected chi connectivity index (χ3v) is 6.76. The van der Waals surface area contributed by atoms with Gasteiger partial charge in [0.05, 0.1) is 22.6 Å². The lowest BCUT2D eigenvalue weighted by Crippen LogP contribution is -2.22. The van der Waals surface area contributed by atoms with Gasteiger partial charge in [-0.3, -0.25) is 10.0 Å². The van der Waals surface area contributed by atoms with Crippen molar-refractivity contribution in [1.82, 2.24) is 5.48 Å². The molecule has 30 heavy (non-hydrogen) atoms. The first-order valence-corrected chi connectivity index (χ1v) is 10.6. The maximum atomic E-state index is 13.2. The van der Waals surface area contributed by atoms with Crippen LogP contribution < -0.4 is 16.0 Å². The summed E-state index contributed by atoms with van der Waals surface area (Å²) in [7, 11) is -2.53. The highest BCUT2D eigenvalue weighted by Crippen LogP contribution is 2.34. The molecular weight excluding hydrogens is 404 g/mol. The number of methoxy groups -OCH3 is 1. The number of ether oxygens (including phenoxy) is 1. The van der Waals surface area contributed by atoms with Crippen LogP contribution in [0.5, 0.6) is 5.75 Å². The van der Waals surface area contributed by atoms with Crippen molar-refractivity contribution in [2.45, 2.75) is 23.1 Å². The lowest BCUT2D eigenvalue weighted by Gasteiger charge is -2.18. The van der Waals surface area contributed by atoms with Gasteiger partial charge in [0.2, 0.25) is 9.84 Å². The van der Waals surface area contributed by atoms with Gasteiger partial charge >= 0.3 is 0 Å². The van der Waals surface area contributed by atoms with Crippen molar-refractivity contribution in [3.05, 3.63) is 82.9 Å². The predicted octanol–water partition coefficient (Wildman–Crippen LogP) is 3.13. The van der Waals surface area contributed by atoms with E-state index < -0.39 is 15.7 Å². The molecule has 0 aliphatic heterocycles. The van der Waals surface area contributed by atoms with Gasteiger partial charge < -0.3 is 10.5 Å². The van der Waals surface area contributed by atoms with E-state index >= 15 is 0 Å². The Morgan fingerprint density at radius 3 is 2.30 bits per heavy atom. The molecule has 0 unspecified atom stereocenters. The monoisotopic (exact) mass is 426 g/mol. The molecule has 3 rings (SSSR count). The number of anilines is 1. The second-order valence-electron chi connectivity index (χ2n) is 6.72. The van der Waals surface area contributed by atoms with E-state index in [-0.39, 0.29) is 21.0 Å². The van der Waals surface area contributed by atoms with Gasteiger partial charge in [0.15, 0.2) is 0 Å². The standard InChI is InChI=1S/C22H22N2O5S/c1-14-18(12-15-6-4-3-5-7-15)19(22(25)24-26)13-20(21(14)23)30(27,28)17-10-8-16(29-2)9-11-17/h3-11,13,26H,12,23H2,1-2H3,(H,24,25). The van der Waals surface area contributed by atoms with Gasteiger partial charge in [-0.25, -0.2) is 13.9 Å². The van der Waals surface area contributed by atoms with Crippen LogP contribution in [-0.2, 0) is 16.3 Å². The van der Waals surface area contributed by atoms with E-state index in [9.17, 15) is 18.4 Å². The minimum Gasteiger partial charge on any atom is -0.497 e. The van der Waals surface area contributed by atoms with Gasteiger partial charge in [-0.05, 0) is 60.4 Å². The Labute approximate surface area is 175 Å². The highest BCUT2D eigenvalue weighted by atomic mass is 32.2. The van der Waals surface area contributed by atoms with E-state index in [0.29, 0.717) is 23.3 Å². The Morgan fingerprint density at radius 2 is 1.73 bits per heavy atom. The predicted molar refractivity (Wildman–Crippen MR) is 113 cm³/mol. The Hall–Kier alpha value is -3.36. The van der Waals surface area contributed by atoms with Crippen molar-refractivity contribution in [1.29, 1.82) is 0 Å². The average molecular weight is 426 g/mol. The van der Waals surface area contributed by atoms with Crippen molar-refractivity contribution in [3.63, 3.8) is 0 Å². The van der Waals surface area contributed by atoms with Crippen molar-refractivity contribution >= 4 is 21.4 Å². The number of carbonyl (C=O) groups is 1. The molecule has 0 spiro atoms. The summed E-state index contributed by atoms with van der Waals surface area (Å²) in [6.07, 6.45) is 0.350. The number of hydrogen-bond donors (Lipinski definition) is 3. The molecule has 0 aromatic heterocycles. The van der Waals surface area contributed by atoms with Crippen LogP contribution in [0.25, 0.3) is 0 Å². The summed E-state index contributed by atoms with van der Waals surface area (Å²) in [5.74, 6) is -0.299. The summed E-state index contributed by atoms with van der Waals surface area (Å²) in [6.45, 7) is 1.66. The molecule has 156 valence electrons. The van der Waals surface area contributed by atoms with E-state index in [1.54, 1.807) is 12.4 Å². The molecule has 7 nitrogen and oxygen atoms in total. The molecule has 0 aliphatic rings. The third kappa shape index (κ3) is 4.00. The van der Waals surface area contributed by atoms with Crippen molar-refractivity contribution in [3.8, 4) is 5.75 Å². The zero-order valence-corrected chi connectivity index (χ0v) is 17.4. The number of hydroxylamine groups is 1. The second-order valence-corrected chi connectivity index (χ2v) is 8.64. The van der Waals surface area contributed by atoms with Crippen molar-refractivity contribution < 1.29 is 23.2 Å². The Balaban J connectivity index is 2.18. The zero-order chi connectivity index (χ0) is 21.9. The fourth-order valence-electron chi connectivity index (χ4n) is 3.24. The molecule has 1 amide bonds. The molecule has 0 radical (unpaired) electrons. The van der Waals surface area contributed by atoms with Crippen LogP contribution in [0.2, 0.25) is 0 Å². The maximum Gasteiger partial charge on any atom is 0.274 e. The number of nitrogen functional groups attached to an aromatic ring is 1. The Kier molecular flexibility index (Phi) is 6.09. The van der Waals surface area contributed by atoms with E-state index in [4.69, 9.17) is 10.5 Å². The number of carbonyl (C=O) groups excluding carboxylic acids is 1. The van der Waals surface area contributed by atoms with Crippen molar-refractivity contribution in [2.24, 2.45) is 0 Å². The molecule has 0 heterocycles. The van der Waals surface area contributed by atoms with Crippen molar-refractivity contribution in [2.75, 3.05) is 12.8 Å². The SMILES string of the molecule is COc1ccc(S(=O)(=O)c2cc(C(=O)NO)c(Cc3ccccc3)c(C)c2N)cc1. The fourth-order valence-corrected chi connectivity index (χ4v) is 4.70. The molecular formula is C22H22N2O5S. The number of nitrogens with two attached hydrogens (primary N) is 1. The van der Waals surface area contributed by atoms with Crippen LogP contribution in [0.3, 0.4) is 0 Å². The number of sulfone groups is 1. The lowest BCUT2D eigenvalue weighted by molar-refractivity contribution is 0.0705. The number of nitrogens with one attached hydrogen (secondary N) is 1. The normalized spacial score (nSPS) is 11.2. The van der Waals surface area contributed by atoms with E-state index in [2.05, 4.69) is 0 Å². The number of rotatable bonds is 6. The summed E-state index contributed by atoms with van der Waals surface area (Å²) in [5, 5.41) is 9.21. The minimum absolute atomic E-state index is 0.0144. The Bertz CT molecular complexity index is 1170. The highest BCUT2D eigenvalue weighted by molar-refractivity contribution is 7.91. The molecule has 3 aromatic rings. The summed E-state index contributed by atoms with van der Waals surface area (Å²) in [5.41, 5.74) is 9.85. The largest absolute Gasteiger partial charge is 0.497 e. The maximum absolute atomic E-state index is 13.2. The van der Waals surface area contributed by atoms with E-state index in [1.165, 1.54) is 37.4 Å². The number of hydrogen-bond acceptors (Lipinski definition) is 6. The lowest BCUT2D eigenvalue weighted by atomic mass is 9.94. The summed E-state index contributed by atoms with van der Waals surface area (Å²) < 4.78 is 31.5. The first kappa shape index (κ1) is 21.4. The summed E-state index contributed by atoms with van der Waals surface area (Å²) in [4.78, 5) is 12.2. The number of benzene rings is 3. The zero-order valence-electron chi connectivity index (χ0n) is 16.5. The molecule has 0 saturated carbocycles. The van der Waals surface area contributed by atoms with Gasteiger partial charge in [-0.2, -0.15) is 0 Å². The van der Waals surface area contributed by atoms with E-state index in [0.717, 1.165) is 5.56 Å². The average Bonchev–Trinajstić information content (AvgIpc) is 2.77. The van der Waals surface area contributed by atoms with Crippen LogP contribution in [-0.4, -0.2) is 26.6 Å². The summed E-state index contributed by atoms with van der Waals surface area (Å²) >= 11 is 0. The minimum atomic E-state index is -4.01. The topological polar surface area (TPSA) is 119 Å². The van der Waals surface area contributed by atoms with Crippen LogP contribution >= 0.6 is 0 Å². The van der Waals surface area contributed by atoms with E-state index in [1.807, 2.05) is 30.3 Å². The Morgan fingerprint density at radius 1 is 1.10 bits per heavy atom. The fraction of sp³-hybridized carbons (Fsp3) is 0.136. The van der Waals surface area contributed by atoms with Gasteiger partial charge in [0.1, 0.15) is 5.75 Å². The summed E-state index contributed by atoms with van der Waals surface area (Å²) in [6, 6.07) is 16.5. The van der Waals surface area contributed by atoms with Crippen LogP contribution in [0, 0.1) is 6.92 Å². The molecule has 0 saturated heterocycles. The molecule has 4 N–H and O–H groups in total. The molecule has 8 heteroatoms. The highest BCUT2D eigenvalue weighted by Gasteiger charge is 2.27. The quantitative estimate of drug-likeness (QED) is 0.317. The van der Waals surface area contributed by atoms with Crippen LogP contribution in [0.15, 0.2) is 70.5 Å². The molecule has 0 fully saturated rings. The number of amides is 1. The first-order chi connectivity index (χ1) is 14.3. The second kappa shape index (κ2) is 8.56. The van der Waals surface area contributed by atoms with Gasteiger partial charge in [0, 0.05) is 5.56 Å². The van der Waals surface area contributed by atoms with Gasteiger partial charge in [0.25, 0.3) is 5.91 Å². The third-order valence-electron chi connectivity index (χ3n) is 4.95. The molecule has 0 aliphatic carbocycles. The van der Waals surface area contributed by atoms with Gasteiger partial charge in [-0.1, -0.05) is 30.3 Å². The van der Waals surface area contributed by atoms with Gasteiger partial charge in [-0.15, -0.1) is 0 Å².